The van der Waals surface area contributed by atoms with Gasteiger partial charge in [-0.15, -0.1) is 0 Å². The van der Waals surface area contributed by atoms with Crippen molar-refractivity contribution in [1.82, 2.24) is 19.9 Å². The molecule has 0 bridgehead atoms. The van der Waals surface area contributed by atoms with Gasteiger partial charge in [-0.25, -0.2) is 9.78 Å². The van der Waals surface area contributed by atoms with Crippen LogP contribution < -0.4 is 21.3 Å². The second-order valence-corrected chi connectivity index (χ2v) is 7.91. The predicted octanol–water partition coefficient (Wildman–Crippen LogP) is 3.06. The van der Waals surface area contributed by atoms with E-state index < -0.39 is 23.2 Å². The Morgan fingerprint density at radius 3 is 2.91 bits per heavy atom. The SMILES string of the molecule is CCOc1cccc2cc(C(C)NC(=O)c3cnc4c(c3)c(=O)[nH]c(=O)n4C3CC3)oc12. The third-order valence-corrected chi connectivity index (χ3v) is 5.55. The summed E-state index contributed by atoms with van der Waals surface area (Å²) in [6, 6.07) is 8.58. The lowest BCUT2D eigenvalue weighted by atomic mass is 10.1. The summed E-state index contributed by atoms with van der Waals surface area (Å²) in [5, 5.41) is 3.96. The van der Waals surface area contributed by atoms with Crippen LogP contribution >= 0.6 is 0 Å². The van der Waals surface area contributed by atoms with Crippen LogP contribution in [0.2, 0.25) is 0 Å². The van der Waals surface area contributed by atoms with E-state index >= 15 is 0 Å². The number of hydrogen-bond donors (Lipinski definition) is 2. The first-order chi connectivity index (χ1) is 15.5. The molecule has 0 spiro atoms. The van der Waals surface area contributed by atoms with E-state index in [1.807, 2.05) is 38.1 Å². The summed E-state index contributed by atoms with van der Waals surface area (Å²) in [7, 11) is 0. The van der Waals surface area contributed by atoms with E-state index in [0.29, 0.717) is 29.3 Å². The van der Waals surface area contributed by atoms with Crippen molar-refractivity contribution in [1.29, 1.82) is 0 Å². The van der Waals surface area contributed by atoms with E-state index in [1.54, 1.807) is 0 Å². The van der Waals surface area contributed by atoms with Crippen LogP contribution in [-0.4, -0.2) is 27.0 Å². The van der Waals surface area contributed by atoms with Crippen molar-refractivity contribution in [3.63, 3.8) is 0 Å². The summed E-state index contributed by atoms with van der Waals surface area (Å²) in [6.45, 7) is 4.23. The second-order valence-electron chi connectivity index (χ2n) is 7.91. The molecule has 4 aromatic rings. The van der Waals surface area contributed by atoms with E-state index in [4.69, 9.17) is 9.15 Å². The maximum absolute atomic E-state index is 12.9. The summed E-state index contributed by atoms with van der Waals surface area (Å²) in [5.41, 5.74) is 0.119. The first-order valence-electron chi connectivity index (χ1n) is 10.6. The molecular formula is C23H22N4O5. The molecule has 9 heteroatoms. The Hall–Kier alpha value is -3.88. The zero-order valence-corrected chi connectivity index (χ0v) is 17.7. The smallest absolute Gasteiger partial charge is 0.330 e. The van der Waals surface area contributed by atoms with Crippen LogP contribution in [0.5, 0.6) is 5.75 Å². The molecule has 0 aliphatic heterocycles. The van der Waals surface area contributed by atoms with Crippen LogP contribution in [0.15, 0.2) is 50.5 Å². The topological polar surface area (TPSA) is 119 Å². The molecule has 9 nitrogen and oxygen atoms in total. The summed E-state index contributed by atoms with van der Waals surface area (Å²) in [4.78, 5) is 44.0. The van der Waals surface area contributed by atoms with Crippen molar-refractivity contribution in [3.05, 3.63) is 68.7 Å². The number of H-pyrrole nitrogens is 1. The van der Waals surface area contributed by atoms with Gasteiger partial charge in [-0.3, -0.25) is 19.1 Å². The Kier molecular flexibility index (Phi) is 4.80. The van der Waals surface area contributed by atoms with Crippen LogP contribution in [0.4, 0.5) is 0 Å². The van der Waals surface area contributed by atoms with Gasteiger partial charge in [0, 0.05) is 17.6 Å². The predicted molar refractivity (Wildman–Crippen MR) is 118 cm³/mol. The number of amides is 1. The molecule has 1 atom stereocenters. The van der Waals surface area contributed by atoms with Gasteiger partial charge in [-0.2, -0.15) is 0 Å². The number of aromatic amines is 1. The summed E-state index contributed by atoms with van der Waals surface area (Å²) in [5.74, 6) is 0.824. The Morgan fingerprint density at radius 1 is 1.34 bits per heavy atom. The van der Waals surface area contributed by atoms with Crippen LogP contribution in [0.3, 0.4) is 0 Å². The molecule has 0 saturated heterocycles. The molecular weight excluding hydrogens is 412 g/mol. The number of hydrogen-bond acceptors (Lipinski definition) is 6. The highest BCUT2D eigenvalue weighted by Gasteiger charge is 2.28. The van der Waals surface area contributed by atoms with Gasteiger partial charge in [0.15, 0.2) is 11.3 Å². The molecule has 5 rings (SSSR count). The van der Waals surface area contributed by atoms with Gasteiger partial charge < -0.3 is 14.5 Å². The molecule has 32 heavy (non-hydrogen) atoms. The number of rotatable bonds is 6. The van der Waals surface area contributed by atoms with Crippen molar-refractivity contribution in [3.8, 4) is 5.75 Å². The number of carbonyl (C=O) groups is 1. The molecule has 2 N–H and O–H groups in total. The maximum atomic E-state index is 12.9. The lowest BCUT2D eigenvalue weighted by Crippen LogP contribution is -2.31. The zero-order chi connectivity index (χ0) is 22.4. The van der Waals surface area contributed by atoms with Gasteiger partial charge in [0.25, 0.3) is 11.5 Å². The number of carbonyl (C=O) groups excluding carboxylic acids is 1. The van der Waals surface area contributed by atoms with E-state index in [-0.39, 0.29) is 17.0 Å². The monoisotopic (exact) mass is 434 g/mol. The maximum Gasteiger partial charge on any atom is 0.330 e. The average Bonchev–Trinajstić information content (AvgIpc) is 3.50. The second kappa shape index (κ2) is 7.67. The molecule has 3 aromatic heterocycles. The number of ether oxygens (including phenoxy) is 1. The number of fused-ring (bicyclic) bond motifs is 2. The number of para-hydroxylation sites is 1. The third-order valence-electron chi connectivity index (χ3n) is 5.55. The molecule has 1 unspecified atom stereocenters. The minimum Gasteiger partial charge on any atom is -0.490 e. The standard InChI is InChI=1S/C23H22N4O5/c1-3-31-17-6-4-5-13-10-18(32-19(13)17)12(2)25-21(28)14-9-16-20(24-11-14)27(15-7-8-15)23(30)26-22(16)29/h4-6,9-12,15H,3,7-8H2,1-2H3,(H,25,28)(H,26,29,30). The molecule has 0 radical (unpaired) electrons. The molecule has 1 aromatic carbocycles. The number of pyridine rings is 1. The molecule has 3 heterocycles. The van der Waals surface area contributed by atoms with Gasteiger partial charge in [0.1, 0.15) is 11.4 Å². The third kappa shape index (κ3) is 3.45. The first kappa shape index (κ1) is 20.0. The van der Waals surface area contributed by atoms with Crippen molar-refractivity contribution in [2.75, 3.05) is 6.61 Å². The Balaban J connectivity index is 1.43. The highest BCUT2D eigenvalue weighted by molar-refractivity contribution is 5.97. The molecule has 1 amide bonds. The molecule has 1 saturated carbocycles. The van der Waals surface area contributed by atoms with Crippen molar-refractivity contribution < 1.29 is 13.9 Å². The van der Waals surface area contributed by atoms with Crippen molar-refractivity contribution in [2.24, 2.45) is 0 Å². The number of nitrogens with one attached hydrogen (secondary N) is 2. The summed E-state index contributed by atoms with van der Waals surface area (Å²) in [6.07, 6.45) is 3.12. The number of aromatic nitrogens is 3. The van der Waals surface area contributed by atoms with Crippen LogP contribution in [0.25, 0.3) is 22.0 Å². The fourth-order valence-electron chi connectivity index (χ4n) is 3.82. The highest BCUT2D eigenvalue weighted by atomic mass is 16.5. The molecule has 1 aliphatic carbocycles. The van der Waals surface area contributed by atoms with Gasteiger partial charge in [0.2, 0.25) is 0 Å². The summed E-state index contributed by atoms with van der Waals surface area (Å²) >= 11 is 0. The first-order valence-corrected chi connectivity index (χ1v) is 10.6. The average molecular weight is 434 g/mol. The van der Waals surface area contributed by atoms with Gasteiger partial charge in [0.05, 0.1) is 23.6 Å². The fraction of sp³-hybridized carbons (Fsp3) is 0.304. The minimum absolute atomic E-state index is 0.0451. The lowest BCUT2D eigenvalue weighted by molar-refractivity contribution is 0.0935. The van der Waals surface area contributed by atoms with Gasteiger partial charge >= 0.3 is 5.69 Å². The fourth-order valence-corrected chi connectivity index (χ4v) is 3.82. The molecule has 164 valence electrons. The number of furan rings is 1. The number of nitrogens with zero attached hydrogens (tertiary/aromatic N) is 2. The lowest BCUT2D eigenvalue weighted by Gasteiger charge is -2.12. The van der Waals surface area contributed by atoms with E-state index in [9.17, 15) is 14.4 Å². The summed E-state index contributed by atoms with van der Waals surface area (Å²) < 4.78 is 13.1. The Bertz CT molecular complexity index is 1460. The van der Waals surface area contributed by atoms with Gasteiger partial charge in [-0.05, 0) is 44.9 Å². The molecule has 1 aliphatic rings. The Morgan fingerprint density at radius 2 is 2.16 bits per heavy atom. The molecule has 1 fully saturated rings. The Labute approximate surface area is 182 Å². The van der Waals surface area contributed by atoms with Gasteiger partial charge in [-0.1, -0.05) is 12.1 Å². The largest absolute Gasteiger partial charge is 0.490 e. The van der Waals surface area contributed by atoms with Crippen LogP contribution in [0, 0.1) is 0 Å². The highest BCUT2D eigenvalue weighted by Crippen LogP contribution is 2.35. The van der Waals surface area contributed by atoms with Crippen LogP contribution in [-0.2, 0) is 0 Å². The zero-order valence-electron chi connectivity index (χ0n) is 17.7. The van der Waals surface area contributed by atoms with E-state index in [1.165, 1.54) is 16.8 Å². The number of benzene rings is 1. The van der Waals surface area contributed by atoms with E-state index in [2.05, 4.69) is 15.3 Å². The van der Waals surface area contributed by atoms with Crippen molar-refractivity contribution in [2.45, 2.75) is 38.8 Å². The minimum atomic E-state index is -0.558. The van der Waals surface area contributed by atoms with Crippen LogP contribution in [0.1, 0.15) is 54.9 Å². The van der Waals surface area contributed by atoms with E-state index in [0.717, 1.165) is 18.2 Å². The normalized spacial score (nSPS) is 14.6. The quantitative estimate of drug-likeness (QED) is 0.481. The van der Waals surface area contributed by atoms with Crippen molar-refractivity contribution >= 4 is 27.9 Å².